The Morgan fingerprint density at radius 3 is 3.00 bits per heavy atom. The zero-order valence-electron chi connectivity index (χ0n) is 12.5. The van der Waals surface area contributed by atoms with Gasteiger partial charge in [0.15, 0.2) is 0 Å². The molecule has 3 aromatic rings. The first kappa shape index (κ1) is 15.8. The normalized spacial score (nSPS) is 11.2. The summed E-state index contributed by atoms with van der Waals surface area (Å²) < 4.78 is 1.59. The quantitative estimate of drug-likeness (QED) is 0.738. The van der Waals surface area contributed by atoms with Crippen LogP contribution in [0.2, 0.25) is 0 Å². The summed E-state index contributed by atoms with van der Waals surface area (Å²) in [7, 11) is 0. The number of hydrogen-bond donors (Lipinski definition) is 1. The van der Waals surface area contributed by atoms with Gasteiger partial charge in [0.1, 0.15) is 4.83 Å². The Balaban J connectivity index is 1.76. The van der Waals surface area contributed by atoms with E-state index in [2.05, 4.69) is 16.9 Å². The van der Waals surface area contributed by atoms with Crippen molar-refractivity contribution < 1.29 is 9.90 Å². The molecule has 0 saturated heterocycles. The lowest BCUT2D eigenvalue weighted by molar-refractivity contribution is -0.136. The summed E-state index contributed by atoms with van der Waals surface area (Å²) in [6.45, 7) is 2.54. The summed E-state index contributed by atoms with van der Waals surface area (Å²) in [5.74, 6) is -0.892. The Labute approximate surface area is 140 Å². The molecule has 8 heteroatoms. The Morgan fingerprint density at radius 2 is 2.26 bits per heavy atom. The summed E-state index contributed by atoms with van der Waals surface area (Å²) in [5.41, 5.74) is 0.525. The van der Waals surface area contributed by atoms with Crippen LogP contribution in [0.5, 0.6) is 0 Å². The van der Waals surface area contributed by atoms with Crippen LogP contribution >= 0.6 is 22.7 Å². The molecule has 0 saturated carbocycles. The number of thiazole rings is 1. The van der Waals surface area contributed by atoms with Gasteiger partial charge in [-0.1, -0.05) is 6.92 Å². The van der Waals surface area contributed by atoms with Gasteiger partial charge in [-0.3, -0.25) is 14.2 Å². The number of carbonyl (C=O) groups is 1. The van der Waals surface area contributed by atoms with Gasteiger partial charge in [0.25, 0.3) is 5.56 Å². The molecule has 0 spiro atoms. The maximum atomic E-state index is 12.5. The molecule has 3 rings (SSSR count). The first-order chi connectivity index (χ1) is 11.1. The van der Waals surface area contributed by atoms with Gasteiger partial charge in [-0.15, -0.1) is 22.7 Å². The van der Waals surface area contributed by atoms with E-state index >= 15 is 0 Å². The predicted molar refractivity (Wildman–Crippen MR) is 90.4 cm³/mol. The summed E-state index contributed by atoms with van der Waals surface area (Å²) in [6.07, 6.45) is 2.99. The minimum atomic E-state index is -0.892. The van der Waals surface area contributed by atoms with Crippen LogP contribution in [0.15, 0.2) is 22.6 Å². The van der Waals surface area contributed by atoms with Crippen LogP contribution in [-0.2, 0) is 30.6 Å². The van der Waals surface area contributed by atoms with Crippen LogP contribution in [0.25, 0.3) is 10.2 Å². The lowest BCUT2D eigenvalue weighted by Crippen LogP contribution is -2.20. The average Bonchev–Trinajstić information content (AvgIpc) is 3.12. The highest BCUT2D eigenvalue weighted by atomic mass is 32.1. The molecule has 0 amide bonds. The molecule has 0 atom stereocenters. The third kappa shape index (κ3) is 3.48. The molecular formula is C15H15N3O3S2. The van der Waals surface area contributed by atoms with Gasteiger partial charge in [0.2, 0.25) is 0 Å². The second-order valence-electron chi connectivity index (χ2n) is 5.08. The number of nitrogens with zero attached hydrogens (tertiary/aromatic N) is 3. The highest BCUT2D eigenvalue weighted by Gasteiger charge is 2.10. The van der Waals surface area contributed by atoms with Crippen LogP contribution in [0.3, 0.4) is 0 Å². The van der Waals surface area contributed by atoms with Gasteiger partial charge in [-0.2, -0.15) is 0 Å². The van der Waals surface area contributed by atoms with E-state index in [1.54, 1.807) is 27.6 Å². The number of aryl methyl sites for hydroxylation is 3. The monoisotopic (exact) mass is 349 g/mol. The molecule has 0 unspecified atom stereocenters. The summed E-state index contributed by atoms with van der Waals surface area (Å²) >= 11 is 2.97. The highest BCUT2D eigenvalue weighted by Crippen LogP contribution is 2.21. The Hall–Kier alpha value is -2.06. The molecular weight excluding hydrogens is 334 g/mol. The maximum absolute atomic E-state index is 12.5. The van der Waals surface area contributed by atoms with Crippen LogP contribution in [-0.4, -0.2) is 25.6 Å². The minimum Gasteiger partial charge on any atom is -0.481 e. The van der Waals surface area contributed by atoms with Gasteiger partial charge < -0.3 is 5.11 Å². The van der Waals surface area contributed by atoms with Gasteiger partial charge in [-0.25, -0.2) is 9.97 Å². The van der Waals surface area contributed by atoms with Crippen LogP contribution < -0.4 is 5.56 Å². The van der Waals surface area contributed by atoms with Crippen molar-refractivity contribution in [2.45, 2.75) is 32.7 Å². The lowest BCUT2D eigenvalue weighted by atomic mass is 10.3. The SMILES string of the molecule is CCc1cc2c(=O)n(CCc3nc(CC(=O)O)cs3)cnc2s1. The smallest absolute Gasteiger partial charge is 0.309 e. The average molecular weight is 349 g/mol. The first-order valence-corrected chi connectivity index (χ1v) is 8.89. The summed E-state index contributed by atoms with van der Waals surface area (Å²) in [6, 6.07) is 1.92. The van der Waals surface area contributed by atoms with E-state index in [1.807, 2.05) is 6.07 Å². The van der Waals surface area contributed by atoms with Gasteiger partial charge >= 0.3 is 5.97 Å². The van der Waals surface area contributed by atoms with Crippen molar-refractivity contribution in [3.05, 3.63) is 43.7 Å². The maximum Gasteiger partial charge on any atom is 0.309 e. The highest BCUT2D eigenvalue weighted by molar-refractivity contribution is 7.18. The van der Waals surface area contributed by atoms with Gasteiger partial charge in [0.05, 0.1) is 28.8 Å². The van der Waals surface area contributed by atoms with E-state index in [1.165, 1.54) is 11.3 Å². The van der Waals surface area contributed by atoms with Crippen molar-refractivity contribution in [1.29, 1.82) is 0 Å². The zero-order valence-corrected chi connectivity index (χ0v) is 14.1. The molecule has 0 fully saturated rings. The Bertz CT molecular complexity index is 910. The zero-order chi connectivity index (χ0) is 16.4. The summed E-state index contributed by atoms with van der Waals surface area (Å²) in [5, 5.41) is 12.0. The molecule has 0 aliphatic carbocycles. The van der Waals surface area contributed by atoms with E-state index < -0.39 is 5.97 Å². The molecule has 0 bridgehead atoms. The third-order valence-electron chi connectivity index (χ3n) is 3.42. The van der Waals surface area contributed by atoms with Crippen LogP contribution in [0.1, 0.15) is 22.5 Å². The fourth-order valence-electron chi connectivity index (χ4n) is 2.26. The number of carboxylic acid groups (broad SMARTS) is 1. The van der Waals surface area contributed by atoms with Crippen molar-refractivity contribution in [2.24, 2.45) is 0 Å². The molecule has 0 aromatic carbocycles. The molecule has 1 N–H and O–H groups in total. The van der Waals surface area contributed by atoms with Crippen molar-refractivity contribution >= 4 is 38.9 Å². The molecule has 6 nitrogen and oxygen atoms in total. The fraction of sp³-hybridized carbons (Fsp3) is 0.333. The van der Waals surface area contributed by atoms with Crippen LogP contribution in [0.4, 0.5) is 0 Å². The Kier molecular flexibility index (Phi) is 4.53. The van der Waals surface area contributed by atoms with Gasteiger partial charge in [0, 0.05) is 23.2 Å². The second kappa shape index (κ2) is 6.59. The van der Waals surface area contributed by atoms with Crippen molar-refractivity contribution in [2.75, 3.05) is 0 Å². The standard InChI is InChI=1S/C15H15N3O3S2/c1-2-10-6-11-14(23-10)16-8-18(15(11)21)4-3-12-17-9(7-22-12)5-13(19)20/h6-8H,2-5H2,1H3,(H,19,20). The number of aromatic nitrogens is 3. The largest absolute Gasteiger partial charge is 0.481 e. The van der Waals surface area contributed by atoms with E-state index in [-0.39, 0.29) is 12.0 Å². The first-order valence-electron chi connectivity index (χ1n) is 7.19. The number of hydrogen-bond acceptors (Lipinski definition) is 6. The van der Waals surface area contributed by atoms with E-state index in [9.17, 15) is 9.59 Å². The topological polar surface area (TPSA) is 85.1 Å². The summed E-state index contributed by atoms with van der Waals surface area (Å²) in [4.78, 5) is 33.7. The molecule has 0 radical (unpaired) electrons. The number of aliphatic carboxylic acids is 1. The van der Waals surface area contributed by atoms with Crippen molar-refractivity contribution in [3.8, 4) is 0 Å². The van der Waals surface area contributed by atoms with Crippen LogP contribution in [0, 0.1) is 0 Å². The van der Waals surface area contributed by atoms with E-state index in [0.29, 0.717) is 24.0 Å². The molecule has 0 aliphatic heterocycles. The number of fused-ring (bicyclic) bond motifs is 1. The molecule has 23 heavy (non-hydrogen) atoms. The molecule has 0 aliphatic rings. The number of rotatable bonds is 6. The lowest BCUT2D eigenvalue weighted by Gasteiger charge is -2.03. The van der Waals surface area contributed by atoms with Crippen molar-refractivity contribution in [1.82, 2.24) is 14.5 Å². The van der Waals surface area contributed by atoms with Gasteiger partial charge in [-0.05, 0) is 12.5 Å². The Morgan fingerprint density at radius 1 is 1.43 bits per heavy atom. The third-order valence-corrected chi connectivity index (χ3v) is 5.56. The predicted octanol–water partition coefficient (Wildman–Crippen LogP) is 2.35. The molecule has 3 aromatic heterocycles. The van der Waals surface area contributed by atoms with E-state index in [4.69, 9.17) is 5.11 Å². The number of carboxylic acids is 1. The second-order valence-corrected chi connectivity index (χ2v) is 7.14. The molecule has 3 heterocycles. The van der Waals surface area contributed by atoms with Crippen molar-refractivity contribution in [3.63, 3.8) is 0 Å². The minimum absolute atomic E-state index is 0.0340. The molecule has 120 valence electrons. The fourth-order valence-corrected chi connectivity index (χ4v) is 3.97. The number of thiophene rings is 1. The van der Waals surface area contributed by atoms with E-state index in [0.717, 1.165) is 21.1 Å².